The zero-order valence-electron chi connectivity index (χ0n) is 15.3. The van der Waals surface area contributed by atoms with E-state index in [4.69, 9.17) is 4.74 Å². The van der Waals surface area contributed by atoms with E-state index < -0.39 is 10.0 Å². The number of imidazole rings is 1. The molecule has 1 amide bonds. The molecule has 8 nitrogen and oxygen atoms in total. The molecule has 0 radical (unpaired) electrons. The zero-order valence-corrected chi connectivity index (χ0v) is 16.1. The molecular formula is C18H24N4O4S. The van der Waals surface area contributed by atoms with E-state index >= 15 is 0 Å². The third-order valence-corrected chi connectivity index (χ3v) is 6.42. The standard InChI is InChI=1S/C18H24N4O4S/c1-15-19-8-10-21(15)9-2-7-20-18(23)16-3-5-17(6-4-16)27(24,25)22-11-13-26-14-12-22/h3-6,8,10H,2,7,9,11-14H2,1H3,(H,20,23). The largest absolute Gasteiger partial charge is 0.379 e. The Morgan fingerprint density at radius 2 is 1.93 bits per heavy atom. The fourth-order valence-corrected chi connectivity index (χ4v) is 4.32. The molecule has 1 aromatic heterocycles. The van der Waals surface area contributed by atoms with E-state index in [1.54, 1.807) is 18.3 Å². The normalized spacial score (nSPS) is 15.6. The predicted octanol–water partition coefficient (Wildman–Crippen LogP) is 1.03. The number of nitrogens with one attached hydrogen (secondary N) is 1. The summed E-state index contributed by atoms with van der Waals surface area (Å²) in [6.07, 6.45) is 4.44. The Balaban J connectivity index is 1.53. The van der Waals surface area contributed by atoms with Crippen molar-refractivity contribution >= 4 is 15.9 Å². The lowest BCUT2D eigenvalue weighted by atomic mass is 10.2. The first kappa shape index (κ1) is 19.5. The molecular weight excluding hydrogens is 368 g/mol. The van der Waals surface area contributed by atoms with Crippen LogP contribution in [0, 0.1) is 6.92 Å². The van der Waals surface area contributed by atoms with Crippen LogP contribution in [-0.4, -0.2) is 61.0 Å². The van der Waals surface area contributed by atoms with Crippen molar-refractivity contribution in [3.63, 3.8) is 0 Å². The maximum absolute atomic E-state index is 12.6. The molecule has 0 bridgehead atoms. The summed E-state index contributed by atoms with van der Waals surface area (Å²) in [4.78, 5) is 16.6. The van der Waals surface area contributed by atoms with E-state index in [1.165, 1.54) is 16.4 Å². The second kappa shape index (κ2) is 8.64. The van der Waals surface area contributed by atoms with Crippen LogP contribution < -0.4 is 5.32 Å². The number of aromatic nitrogens is 2. The molecule has 1 aromatic carbocycles. The molecule has 146 valence electrons. The predicted molar refractivity (Wildman–Crippen MR) is 99.9 cm³/mol. The molecule has 0 saturated carbocycles. The average molecular weight is 392 g/mol. The first-order valence-corrected chi connectivity index (χ1v) is 10.4. The molecule has 0 spiro atoms. The molecule has 2 aromatic rings. The minimum Gasteiger partial charge on any atom is -0.379 e. The van der Waals surface area contributed by atoms with Crippen molar-refractivity contribution in [2.24, 2.45) is 0 Å². The molecule has 1 aliphatic rings. The summed E-state index contributed by atoms with van der Waals surface area (Å²) < 4.78 is 33.8. The van der Waals surface area contributed by atoms with Crippen molar-refractivity contribution in [3.05, 3.63) is 48.0 Å². The summed E-state index contributed by atoms with van der Waals surface area (Å²) in [7, 11) is -3.54. The monoisotopic (exact) mass is 392 g/mol. The third kappa shape index (κ3) is 4.74. The Morgan fingerprint density at radius 3 is 2.56 bits per heavy atom. The lowest BCUT2D eigenvalue weighted by Crippen LogP contribution is -2.40. The van der Waals surface area contributed by atoms with E-state index in [9.17, 15) is 13.2 Å². The van der Waals surface area contributed by atoms with Crippen LogP contribution in [0.1, 0.15) is 22.6 Å². The summed E-state index contributed by atoms with van der Waals surface area (Å²) in [5, 5.41) is 2.85. The van der Waals surface area contributed by atoms with Gasteiger partial charge in [-0.1, -0.05) is 0 Å². The Morgan fingerprint density at radius 1 is 1.22 bits per heavy atom. The summed E-state index contributed by atoms with van der Waals surface area (Å²) in [5.41, 5.74) is 0.440. The second-order valence-electron chi connectivity index (χ2n) is 6.32. The van der Waals surface area contributed by atoms with Gasteiger partial charge in [0.1, 0.15) is 5.82 Å². The van der Waals surface area contributed by atoms with Gasteiger partial charge in [-0.3, -0.25) is 4.79 Å². The number of hydrogen-bond acceptors (Lipinski definition) is 5. The van der Waals surface area contributed by atoms with E-state index in [0.29, 0.717) is 38.4 Å². The van der Waals surface area contributed by atoms with E-state index in [0.717, 1.165) is 18.8 Å². The van der Waals surface area contributed by atoms with Gasteiger partial charge in [-0.2, -0.15) is 4.31 Å². The highest BCUT2D eigenvalue weighted by Crippen LogP contribution is 2.17. The minimum atomic E-state index is -3.54. The SMILES string of the molecule is Cc1nccn1CCCNC(=O)c1ccc(S(=O)(=O)N2CCOCC2)cc1. The molecule has 9 heteroatoms. The van der Waals surface area contributed by atoms with Gasteiger partial charge in [-0.05, 0) is 37.6 Å². The number of benzene rings is 1. The molecule has 1 aliphatic heterocycles. The fourth-order valence-electron chi connectivity index (χ4n) is 2.91. The number of aryl methyl sites for hydroxylation is 2. The fraction of sp³-hybridized carbons (Fsp3) is 0.444. The van der Waals surface area contributed by atoms with E-state index in [-0.39, 0.29) is 10.8 Å². The topological polar surface area (TPSA) is 93.5 Å². The quantitative estimate of drug-likeness (QED) is 0.711. The number of rotatable bonds is 7. The van der Waals surface area contributed by atoms with Gasteiger partial charge in [-0.15, -0.1) is 0 Å². The number of nitrogens with zero attached hydrogens (tertiary/aromatic N) is 3. The Kier molecular flexibility index (Phi) is 6.25. The minimum absolute atomic E-state index is 0.191. The van der Waals surface area contributed by atoms with Crippen molar-refractivity contribution in [1.82, 2.24) is 19.2 Å². The molecule has 0 unspecified atom stereocenters. The maximum atomic E-state index is 12.6. The maximum Gasteiger partial charge on any atom is 0.251 e. The van der Waals surface area contributed by atoms with Gasteiger partial charge in [-0.25, -0.2) is 13.4 Å². The number of carbonyl (C=O) groups excluding carboxylic acids is 1. The molecule has 0 aliphatic carbocycles. The molecule has 3 rings (SSSR count). The van der Waals surface area contributed by atoms with Gasteiger partial charge >= 0.3 is 0 Å². The average Bonchev–Trinajstić information content (AvgIpc) is 3.10. The van der Waals surface area contributed by atoms with Crippen molar-refractivity contribution < 1.29 is 17.9 Å². The van der Waals surface area contributed by atoms with Crippen LogP contribution in [0.5, 0.6) is 0 Å². The molecule has 1 N–H and O–H groups in total. The van der Waals surface area contributed by atoms with Crippen molar-refractivity contribution in [1.29, 1.82) is 0 Å². The van der Waals surface area contributed by atoms with Gasteiger partial charge in [0.25, 0.3) is 5.91 Å². The number of morpholine rings is 1. The second-order valence-corrected chi connectivity index (χ2v) is 8.26. The Bertz CT molecular complexity index is 871. The van der Waals surface area contributed by atoms with E-state index in [1.807, 2.05) is 17.7 Å². The number of hydrogen-bond donors (Lipinski definition) is 1. The van der Waals surface area contributed by atoms with Gasteiger partial charge in [0.15, 0.2) is 0 Å². The van der Waals surface area contributed by atoms with Crippen molar-refractivity contribution in [3.8, 4) is 0 Å². The molecule has 1 fully saturated rings. The van der Waals surface area contributed by atoms with Crippen LogP contribution in [-0.2, 0) is 21.3 Å². The van der Waals surface area contributed by atoms with Gasteiger partial charge in [0.2, 0.25) is 10.0 Å². The highest BCUT2D eigenvalue weighted by molar-refractivity contribution is 7.89. The molecule has 2 heterocycles. The third-order valence-electron chi connectivity index (χ3n) is 4.51. The van der Waals surface area contributed by atoms with Crippen LogP contribution in [0.25, 0.3) is 0 Å². The lowest BCUT2D eigenvalue weighted by Gasteiger charge is -2.26. The smallest absolute Gasteiger partial charge is 0.251 e. The van der Waals surface area contributed by atoms with Crippen LogP contribution >= 0.6 is 0 Å². The molecule has 27 heavy (non-hydrogen) atoms. The first-order chi connectivity index (χ1) is 13.0. The summed E-state index contributed by atoms with van der Waals surface area (Å²) in [6, 6.07) is 6.05. The van der Waals surface area contributed by atoms with E-state index in [2.05, 4.69) is 10.3 Å². The summed E-state index contributed by atoms with van der Waals surface area (Å²) in [5.74, 6) is 0.728. The highest BCUT2D eigenvalue weighted by Gasteiger charge is 2.26. The number of ether oxygens (including phenoxy) is 1. The number of carbonyl (C=O) groups is 1. The molecule has 0 atom stereocenters. The number of amides is 1. The van der Waals surface area contributed by atoms with Crippen LogP contribution in [0.15, 0.2) is 41.6 Å². The van der Waals surface area contributed by atoms with Crippen LogP contribution in [0.3, 0.4) is 0 Å². The zero-order chi connectivity index (χ0) is 19.3. The van der Waals surface area contributed by atoms with Crippen LogP contribution in [0.4, 0.5) is 0 Å². The van der Waals surface area contributed by atoms with Gasteiger partial charge in [0, 0.05) is 44.1 Å². The van der Waals surface area contributed by atoms with Gasteiger partial charge < -0.3 is 14.6 Å². The Hall–Kier alpha value is -2.23. The number of sulfonamides is 1. The van der Waals surface area contributed by atoms with Crippen LogP contribution in [0.2, 0.25) is 0 Å². The van der Waals surface area contributed by atoms with Crippen molar-refractivity contribution in [2.75, 3.05) is 32.8 Å². The first-order valence-electron chi connectivity index (χ1n) is 8.92. The van der Waals surface area contributed by atoms with Gasteiger partial charge in [0.05, 0.1) is 18.1 Å². The summed E-state index contributed by atoms with van der Waals surface area (Å²) in [6.45, 7) is 4.75. The van der Waals surface area contributed by atoms with Crippen molar-refractivity contribution in [2.45, 2.75) is 24.8 Å². The Labute approximate surface area is 159 Å². The lowest BCUT2D eigenvalue weighted by molar-refractivity contribution is 0.0730. The molecule has 1 saturated heterocycles. The summed E-state index contributed by atoms with van der Waals surface area (Å²) >= 11 is 0. The highest BCUT2D eigenvalue weighted by atomic mass is 32.2.